The normalized spacial score (nSPS) is 15.3. The average Bonchev–Trinajstić information content (AvgIpc) is 1.80. The summed E-state index contributed by atoms with van der Waals surface area (Å²) >= 11 is 0. The summed E-state index contributed by atoms with van der Waals surface area (Å²) in [5, 5.41) is 0. The fourth-order valence-corrected chi connectivity index (χ4v) is 0.316. The lowest BCUT2D eigenvalue weighted by Gasteiger charge is -2.11. The first-order valence-corrected chi connectivity index (χ1v) is 2.81. The van der Waals surface area contributed by atoms with Gasteiger partial charge in [-0.25, -0.2) is 4.39 Å². The number of alkyl halides is 4. The Morgan fingerprint density at radius 2 is 1.90 bits per heavy atom. The minimum atomic E-state index is -4.88. The molecule has 0 saturated heterocycles. The van der Waals surface area contributed by atoms with Gasteiger partial charge in [0.25, 0.3) is 6.36 Å². The second-order valence-electron chi connectivity index (χ2n) is 1.73. The van der Waals surface area contributed by atoms with Crippen LogP contribution in [-0.2, 0) is 4.74 Å². The maximum atomic E-state index is 11.7. The zero-order valence-electron chi connectivity index (χ0n) is 5.41. The minimum Gasteiger partial charge on any atom is -0.341 e. The molecule has 0 saturated carbocycles. The summed E-state index contributed by atoms with van der Waals surface area (Å²) < 4.78 is 49.3. The van der Waals surface area contributed by atoms with Crippen molar-refractivity contribution in [3.05, 3.63) is 0 Å². The average molecular weight is 160 g/mol. The molecule has 0 aliphatic heterocycles. The van der Waals surface area contributed by atoms with Crippen LogP contribution in [0, 0.1) is 0 Å². The summed E-state index contributed by atoms with van der Waals surface area (Å²) in [6, 6.07) is 0. The van der Waals surface area contributed by atoms with E-state index in [1.54, 1.807) is 6.92 Å². The Morgan fingerprint density at radius 3 is 2.20 bits per heavy atom. The predicted octanol–water partition coefficient (Wildman–Crippen LogP) is 2.27. The Bertz CT molecular complexity index is 90.1. The third-order valence-corrected chi connectivity index (χ3v) is 0.726. The first-order chi connectivity index (χ1) is 4.48. The van der Waals surface area contributed by atoms with Gasteiger partial charge < -0.3 is 4.74 Å². The molecule has 0 N–H and O–H groups in total. The molecule has 1 unspecified atom stereocenters. The lowest BCUT2D eigenvalue weighted by atomic mass is 10.5. The van der Waals surface area contributed by atoms with E-state index in [1.807, 2.05) is 0 Å². The van der Waals surface area contributed by atoms with E-state index >= 15 is 0 Å². The van der Waals surface area contributed by atoms with Crippen LogP contribution < -0.4 is 0 Å². The lowest BCUT2D eigenvalue weighted by Crippen LogP contribution is -2.27. The van der Waals surface area contributed by atoms with Crippen LogP contribution in [0.3, 0.4) is 0 Å². The Labute approximate surface area is 56.0 Å². The molecule has 0 fully saturated rings. The van der Waals surface area contributed by atoms with Crippen molar-refractivity contribution in [2.75, 3.05) is 6.61 Å². The SMILES string of the molecule is CCCOC(F)C(F)(F)F. The Kier molecular flexibility index (Phi) is 3.63. The summed E-state index contributed by atoms with van der Waals surface area (Å²) in [7, 11) is 0. The molecule has 5 heteroatoms. The van der Waals surface area contributed by atoms with Crippen LogP contribution in [0.4, 0.5) is 17.6 Å². The van der Waals surface area contributed by atoms with Crippen molar-refractivity contribution in [2.24, 2.45) is 0 Å². The molecule has 62 valence electrons. The molecular weight excluding hydrogens is 152 g/mol. The lowest BCUT2D eigenvalue weighted by molar-refractivity contribution is -0.264. The standard InChI is InChI=1S/C5H8F4O/c1-2-3-10-4(6)5(7,8)9/h4H,2-3H2,1H3. The highest BCUT2D eigenvalue weighted by molar-refractivity contribution is 4.52. The van der Waals surface area contributed by atoms with E-state index in [-0.39, 0.29) is 6.61 Å². The number of ether oxygens (including phenoxy) is 1. The van der Waals surface area contributed by atoms with Crippen molar-refractivity contribution in [2.45, 2.75) is 25.9 Å². The highest BCUT2D eigenvalue weighted by atomic mass is 19.4. The van der Waals surface area contributed by atoms with Gasteiger partial charge in [-0.1, -0.05) is 6.92 Å². The van der Waals surface area contributed by atoms with Gasteiger partial charge in [-0.05, 0) is 6.42 Å². The maximum absolute atomic E-state index is 11.7. The van der Waals surface area contributed by atoms with Crippen LogP contribution in [0.2, 0.25) is 0 Å². The van der Waals surface area contributed by atoms with E-state index in [0.717, 1.165) is 0 Å². The topological polar surface area (TPSA) is 9.23 Å². The molecule has 10 heavy (non-hydrogen) atoms. The van der Waals surface area contributed by atoms with Crippen molar-refractivity contribution < 1.29 is 22.3 Å². The van der Waals surface area contributed by atoms with Crippen molar-refractivity contribution in [1.29, 1.82) is 0 Å². The first-order valence-electron chi connectivity index (χ1n) is 2.81. The van der Waals surface area contributed by atoms with Crippen LogP contribution in [0.15, 0.2) is 0 Å². The van der Waals surface area contributed by atoms with Gasteiger partial charge in [0.1, 0.15) is 0 Å². The quantitative estimate of drug-likeness (QED) is 0.575. The van der Waals surface area contributed by atoms with Crippen LogP contribution in [0.1, 0.15) is 13.3 Å². The fraction of sp³-hybridized carbons (Fsp3) is 1.00. The second-order valence-corrected chi connectivity index (χ2v) is 1.73. The molecule has 0 aliphatic rings. The summed E-state index contributed by atoms with van der Waals surface area (Å²) in [5.74, 6) is 0. The summed E-state index contributed by atoms with van der Waals surface area (Å²) in [4.78, 5) is 0. The molecule has 1 atom stereocenters. The van der Waals surface area contributed by atoms with Crippen molar-refractivity contribution in [3.63, 3.8) is 0 Å². The van der Waals surface area contributed by atoms with Crippen molar-refractivity contribution in [3.8, 4) is 0 Å². The van der Waals surface area contributed by atoms with Gasteiger partial charge in [-0.3, -0.25) is 0 Å². The van der Waals surface area contributed by atoms with E-state index in [2.05, 4.69) is 4.74 Å². The van der Waals surface area contributed by atoms with Gasteiger partial charge in [-0.15, -0.1) is 0 Å². The summed E-state index contributed by atoms with van der Waals surface area (Å²) in [5.41, 5.74) is 0. The molecule has 0 radical (unpaired) electrons. The van der Waals surface area contributed by atoms with E-state index in [1.165, 1.54) is 0 Å². The number of rotatable bonds is 3. The Balaban J connectivity index is 3.52. The largest absolute Gasteiger partial charge is 0.445 e. The Hall–Kier alpha value is -0.320. The number of halogens is 4. The van der Waals surface area contributed by atoms with Gasteiger partial charge >= 0.3 is 6.18 Å². The Morgan fingerprint density at radius 1 is 1.40 bits per heavy atom. The maximum Gasteiger partial charge on any atom is 0.445 e. The summed E-state index contributed by atoms with van der Waals surface area (Å²) in [6.45, 7) is 1.39. The van der Waals surface area contributed by atoms with E-state index in [4.69, 9.17) is 0 Å². The van der Waals surface area contributed by atoms with Gasteiger partial charge in [0.05, 0.1) is 6.61 Å². The van der Waals surface area contributed by atoms with Crippen LogP contribution >= 0.6 is 0 Å². The molecule has 0 bridgehead atoms. The number of hydrogen-bond donors (Lipinski definition) is 0. The van der Waals surface area contributed by atoms with Crippen LogP contribution in [0.25, 0.3) is 0 Å². The van der Waals surface area contributed by atoms with Crippen LogP contribution in [0.5, 0.6) is 0 Å². The molecule has 0 aromatic carbocycles. The fourth-order valence-electron chi connectivity index (χ4n) is 0.316. The highest BCUT2D eigenvalue weighted by Crippen LogP contribution is 2.23. The van der Waals surface area contributed by atoms with Gasteiger partial charge in [0.2, 0.25) is 0 Å². The van der Waals surface area contributed by atoms with Gasteiger partial charge in [-0.2, -0.15) is 13.2 Å². The highest BCUT2D eigenvalue weighted by Gasteiger charge is 2.40. The molecule has 0 spiro atoms. The predicted molar refractivity (Wildman–Crippen MR) is 27.2 cm³/mol. The number of hydrogen-bond acceptors (Lipinski definition) is 1. The summed E-state index contributed by atoms with van der Waals surface area (Å²) in [6.07, 6.45) is -7.64. The zero-order valence-corrected chi connectivity index (χ0v) is 5.41. The van der Waals surface area contributed by atoms with Crippen LogP contribution in [-0.4, -0.2) is 19.1 Å². The second kappa shape index (κ2) is 3.75. The molecule has 0 heterocycles. The van der Waals surface area contributed by atoms with E-state index in [9.17, 15) is 17.6 Å². The van der Waals surface area contributed by atoms with Gasteiger partial charge in [0.15, 0.2) is 0 Å². The molecule has 1 nitrogen and oxygen atoms in total. The smallest absolute Gasteiger partial charge is 0.341 e. The third kappa shape index (κ3) is 3.66. The monoisotopic (exact) mass is 160 g/mol. The molecule has 0 aliphatic carbocycles. The first kappa shape index (κ1) is 9.68. The van der Waals surface area contributed by atoms with Crippen molar-refractivity contribution >= 4 is 0 Å². The van der Waals surface area contributed by atoms with E-state index < -0.39 is 12.5 Å². The van der Waals surface area contributed by atoms with Gasteiger partial charge in [0, 0.05) is 0 Å². The molecule has 0 aromatic heterocycles. The molecule has 0 amide bonds. The zero-order chi connectivity index (χ0) is 8.20. The van der Waals surface area contributed by atoms with Crippen molar-refractivity contribution in [1.82, 2.24) is 0 Å². The molecule has 0 rings (SSSR count). The molecular formula is C5H8F4O. The van der Waals surface area contributed by atoms with E-state index in [0.29, 0.717) is 6.42 Å². The minimum absolute atomic E-state index is 0.208. The molecule has 0 aromatic rings. The third-order valence-electron chi connectivity index (χ3n) is 0.726.